The van der Waals surface area contributed by atoms with E-state index in [0.29, 0.717) is 0 Å². The highest BCUT2D eigenvalue weighted by Gasteiger charge is 2.34. The van der Waals surface area contributed by atoms with Gasteiger partial charge in [0.15, 0.2) is 0 Å². The zero-order valence-corrected chi connectivity index (χ0v) is 16.8. The van der Waals surface area contributed by atoms with E-state index in [1.54, 1.807) is 12.2 Å². The Hall–Kier alpha value is -1.48. The molecule has 0 aliphatic rings. The second-order valence-corrected chi connectivity index (χ2v) is 8.75. The lowest BCUT2D eigenvalue weighted by atomic mass is 9.82. The minimum Gasteiger partial charge on any atom is -0.230 e. The molecule has 0 radical (unpaired) electrons. The van der Waals surface area contributed by atoms with Crippen molar-refractivity contribution < 1.29 is 9.78 Å². The van der Waals surface area contributed by atoms with Gasteiger partial charge in [-0.25, -0.2) is 9.78 Å². The first-order valence-electron chi connectivity index (χ1n) is 8.38. The summed E-state index contributed by atoms with van der Waals surface area (Å²) in [6, 6.07) is 0. The summed E-state index contributed by atoms with van der Waals surface area (Å²) in [5, 5.41) is 0. The summed E-state index contributed by atoms with van der Waals surface area (Å²) in [5.41, 5.74) is -1.26. The van der Waals surface area contributed by atoms with Crippen LogP contribution in [0.2, 0.25) is 0 Å². The van der Waals surface area contributed by atoms with Gasteiger partial charge in [-0.05, 0) is 80.4 Å². The highest BCUT2D eigenvalue weighted by Crippen LogP contribution is 2.34. The SMILES string of the molecule is C=CC#CC(C)(C)CC(C)(C)OOC(C)(C)CC(C)(C)C#CC=C. The predicted molar refractivity (Wildman–Crippen MR) is 103 cm³/mol. The van der Waals surface area contributed by atoms with Crippen LogP contribution < -0.4 is 0 Å². The van der Waals surface area contributed by atoms with Crippen LogP contribution in [0, 0.1) is 34.5 Å². The molecule has 0 fully saturated rings. The summed E-state index contributed by atoms with van der Waals surface area (Å²) in [5.74, 6) is 12.2. The molecule has 0 atom stereocenters. The van der Waals surface area contributed by atoms with E-state index in [9.17, 15) is 0 Å². The maximum absolute atomic E-state index is 5.80. The smallest absolute Gasteiger partial charge is 0.0994 e. The van der Waals surface area contributed by atoms with Crippen molar-refractivity contribution in [2.75, 3.05) is 0 Å². The van der Waals surface area contributed by atoms with E-state index in [-0.39, 0.29) is 10.8 Å². The first-order chi connectivity index (χ1) is 10.7. The Morgan fingerprint density at radius 1 is 0.667 bits per heavy atom. The molecule has 0 rings (SSSR count). The van der Waals surface area contributed by atoms with Crippen LogP contribution in [-0.2, 0) is 9.78 Å². The van der Waals surface area contributed by atoms with Gasteiger partial charge in [0.1, 0.15) is 0 Å². The number of hydrogen-bond donors (Lipinski definition) is 0. The van der Waals surface area contributed by atoms with Gasteiger partial charge < -0.3 is 0 Å². The Kier molecular flexibility index (Phi) is 8.04. The molecule has 0 aromatic heterocycles. The Morgan fingerprint density at radius 3 is 1.21 bits per heavy atom. The number of hydrogen-bond acceptors (Lipinski definition) is 2. The lowest BCUT2D eigenvalue weighted by Crippen LogP contribution is -2.37. The zero-order valence-electron chi connectivity index (χ0n) is 16.8. The molecular weight excluding hydrogens is 296 g/mol. The van der Waals surface area contributed by atoms with E-state index in [2.05, 4.69) is 64.5 Å². The van der Waals surface area contributed by atoms with Gasteiger partial charge in [-0.1, -0.05) is 36.8 Å². The maximum atomic E-state index is 5.80. The summed E-state index contributed by atoms with van der Waals surface area (Å²) >= 11 is 0. The van der Waals surface area contributed by atoms with Crippen molar-refractivity contribution >= 4 is 0 Å². The van der Waals surface area contributed by atoms with Crippen molar-refractivity contribution in [1.29, 1.82) is 0 Å². The highest BCUT2D eigenvalue weighted by atomic mass is 17.2. The fourth-order valence-electron chi connectivity index (χ4n) is 2.99. The molecule has 0 aliphatic carbocycles. The van der Waals surface area contributed by atoms with Crippen molar-refractivity contribution in [2.45, 2.75) is 79.4 Å². The Bertz CT molecular complexity index is 502. The van der Waals surface area contributed by atoms with Gasteiger partial charge in [-0.3, -0.25) is 0 Å². The van der Waals surface area contributed by atoms with Gasteiger partial charge in [-0.15, -0.1) is 0 Å². The first-order valence-corrected chi connectivity index (χ1v) is 8.38. The molecule has 2 heteroatoms. The zero-order chi connectivity index (χ0) is 19.1. The minimum absolute atomic E-state index is 0.181. The molecule has 2 nitrogen and oxygen atoms in total. The number of allylic oxidation sites excluding steroid dienone is 2. The van der Waals surface area contributed by atoms with E-state index in [0.717, 1.165) is 12.8 Å². The summed E-state index contributed by atoms with van der Waals surface area (Å²) in [7, 11) is 0. The van der Waals surface area contributed by atoms with E-state index < -0.39 is 11.2 Å². The Labute approximate surface area is 149 Å². The van der Waals surface area contributed by atoms with Crippen LogP contribution in [0.1, 0.15) is 68.2 Å². The molecule has 0 unspecified atom stereocenters. The maximum Gasteiger partial charge on any atom is 0.0994 e. The van der Waals surface area contributed by atoms with Crippen LogP contribution in [0.25, 0.3) is 0 Å². The average Bonchev–Trinajstić information content (AvgIpc) is 2.39. The van der Waals surface area contributed by atoms with Crippen molar-refractivity contribution in [1.82, 2.24) is 0 Å². The molecule has 0 saturated heterocycles. The number of rotatable bonds is 7. The first kappa shape index (κ1) is 22.5. The van der Waals surface area contributed by atoms with Crippen LogP contribution in [0.5, 0.6) is 0 Å². The van der Waals surface area contributed by atoms with Crippen LogP contribution in [0.3, 0.4) is 0 Å². The molecule has 0 heterocycles. The third-order valence-electron chi connectivity index (χ3n) is 3.25. The molecule has 0 spiro atoms. The van der Waals surface area contributed by atoms with E-state index in [4.69, 9.17) is 9.78 Å². The van der Waals surface area contributed by atoms with Crippen molar-refractivity contribution in [3.63, 3.8) is 0 Å². The lowest BCUT2D eigenvalue weighted by Gasteiger charge is -2.36. The van der Waals surface area contributed by atoms with Gasteiger partial charge in [-0.2, -0.15) is 0 Å². The fraction of sp³-hybridized carbons (Fsp3) is 0.636. The van der Waals surface area contributed by atoms with Crippen LogP contribution in [0.15, 0.2) is 25.3 Å². The summed E-state index contributed by atoms with van der Waals surface area (Å²) in [6.07, 6.45) is 4.72. The molecule has 0 bridgehead atoms. The highest BCUT2D eigenvalue weighted by molar-refractivity contribution is 5.19. The molecular formula is C22H34O2. The molecule has 0 saturated carbocycles. The Balaban J connectivity index is 4.84. The lowest BCUT2D eigenvalue weighted by molar-refractivity contribution is -0.406. The van der Waals surface area contributed by atoms with E-state index in [1.165, 1.54) is 0 Å². The summed E-state index contributed by atoms with van der Waals surface area (Å²) < 4.78 is 0. The van der Waals surface area contributed by atoms with E-state index in [1.807, 2.05) is 27.7 Å². The molecule has 0 N–H and O–H groups in total. The molecule has 134 valence electrons. The van der Waals surface area contributed by atoms with Gasteiger partial charge >= 0.3 is 0 Å². The second-order valence-electron chi connectivity index (χ2n) is 8.75. The van der Waals surface area contributed by atoms with Gasteiger partial charge in [0, 0.05) is 10.8 Å². The third-order valence-corrected chi connectivity index (χ3v) is 3.25. The van der Waals surface area contributed by atoms with Crippen molar-refractivity contribution in [2.24, 2.45) is 10.8 Å². The van der Waals surface area contributed by atoms with E-state index >= 15 is 0 Å². The molecule has 0 amide bonds. The van der Waals surface area contributed by atoms with Crippen LogP contribution in [-0.4, -0.2) is 11.2 Å². The molecule has 24 heavy (non-hydrogen) atoms. The quantitative estimate of drug-likeness (QED) is 0.338. The van der Waals surface area contributed by atoms with Crippen molar-refractivity contribution in [3.05, 3.63) is 25.3 Å². The summed E-state index contributed by atoms with van der Waals surface area (Å²) in [4.78, 5) is 11.6. The molecule has 0 aromatic rings. The monoisotopic (exact) mass is 330 g/mol. The third kappa shape index (κ3) is 10.3. The standard InChI is InChI=1S/C22H34O2/c1-11-13-15-19(3,4)17-21(7,8)23-24-22(9,10)18-20(5,6)16-14-12-2/h11-12H,1-2,17-18H2,3-10H3. The molecule has 0 aromatic carbocycles. The molecule has 0 aliphatic heterocycles. The fourth-order valence-corrected chi connectivity index (χ4v) is 2.99. The van der Waals surface area contributed by atoms with Crippen molar-refractivity contribution in [3.8, 4) is 23.7 Å². The second kappa shape index (κ2) is 8.57. The largest absolute Gasteiger partial charge is 0.230 e. The average molecular weight is 331 g/mol. The van der Waals surface area contributed by atoms with Gasteiger partial charge in [0.25, 0.3) is 0 Å². The topological polar surface area (TPSA) is 18.5 Å². The van der Waals surface area contributed by atoms with Gasteiger partial charge in [0.05, 0.1) is 11.2 Å². The normalized spacial score (nSPS) is 12.5. The van der Waals surface area contributed by atoms with Gasteiger partial charge in [0.2, 0.25) is 0 Å². The predicted octanol–water partition coefficient (Wildman–Crippen LogP) is 5.70. The Morgan fingerprint density at radius 2 is 0.958 bits per heavy atom. The summed E-state index contributed by atoms with van der Waals surface area (Å²) in [6.45, 7) is 23.7. The minimum atomic E-state index is -0.451. The van der Waals surface area contributed by atoms with Crippen LogP contribution in [0.4, 0.5) is 0 Å². The van der Waals surface area contributed by atoms with Crippen LogP contribution >= 0.6 is 0 Å².